The van der Waals surface area contributed by atoms with Crippen LogP contribution in [0.1, 0.15) is 31.2 Å². The van der Waals surface area contributed by atoms with Crippen molar-refractivity contribution < 1.29 is 37.8 Å². The number of oxazole rings is 1. The molecule has 2 saturated heterocycles. The molecule has 1 saturated carbocycles. The number of benzene rings is 4. The molecule has 0 radical (unpaired) electrons. The Morgan fingerprint density at radius 2 is 1.66 bits per heavy atom. The van der Waals surface area contributed by atoms with Crippen LogP contribution in [0.4, 0.5) is 15.8 Å². The van der Waals surface area contributed by atoms with Crippen LogP contribution in [-0.4, -0.2) is 40.8 Å². The number of methoxy groups -OCH3 is 1. The lowest BCUT2D eigenvalue weighted by Gasteiger charge is -2.49. The van der Waals surface area contributed by atoms with Gasteiger partial charge in [-0.3, -0.25) is 24.1 Å². The molecule has 1 aromatic heterocycles. The summed E-state index contributed by atoms with van der Waals surface area (Å²) in [6.07, 6.45) is 2.31. The standard InChI is InChI=1S/C41H31ClFN3O7/c1-41-28(38(49)46(40(41)51)22-11-16-30(43)29(42)17-22)19-27-24(35(41)25-13-12-23(47)18-33(25)52-2)14-15-26-34(27)39(50)45(37(26)48)21-9-7-20(8-10-21)36-44-31-5-3-4-6-32(31)53-36/h3-14,16-18,26-28,34-35,47H,15,19H2,1-2H3/t26-,27+,28-,34-,35+,41+/m0/s1. The van der Waals surface area contributed by atoms with Crippen molar-refractivity contribution in [2.75, 3.05) is 16.9 Å². The van der Waals surface area contributed by atoms with Gasteiger partial charge in [-0.1, -0.05) is 41.4 Å². The monoisotopic (exact) mass is 731 g/mol. The van der Waals surface area contributed by atoms with E-state index < -0.39 is 52.6 Å². The maximum absolute atomic E-state index is 14.7. The number of aromatic nitrogens is 1. The average molecular weight is 732 g/mol. The lowest BCUT2D eigenvalue weighted by atomic mass is 9.51. The molecule has 4 amide bonds. The number of hydrogen-bond donors (Lipinski definition) is 1. The third kappa shape index (κ3) is 4.72. The molecule has 0 unspecified atom stereocenters. The van der Waals surface area contributed by atoms with Crippen molar-refractivity contribution >= 4 is 57.7 Å². The molecular weight excluding hydrogens is 701 g/mol. The van der Waals surface area contributed by atoms with Crippen LogP contribution in [-0.2, 0) is 19.2 Å². The lowest BCUT2D eigenvalue weighted by molar-refractivity contribution is -0.131. The van der Waals surface area contributed by atoms with Crippen molar-refractivity contribution in [2.24, 2.45) is 29.1 Å². The van der Waals surface area contributed by atoms with Crippen molar-refractivity contribution in [2.45, 2.75) is 25.7 Å². The van der Waals surface area contributed by atoms with E-state index in [-0.39, 0.29) is 41.1 Å². The number of allylic oxidation sites excluding steroid dienone is 2. The molecule has 2 aliphatic carbocycles. The summed E-state index contributed by atoms with van der Waals surface area (Å²) in [7, 11) is 1.45. The van der Waals surface area contributed by atoms with Gasteiger partial charge in [0.05, 0.1) is 46.7 Å². The molecule has 0 bridgehead atoms. The largest absolute Gasteiger partial charge is 0.508 e. The van der Waals surface area contributed by atoms with Gasteiger partial charge >= 0.3 is 0 Å². The lowest BCUT2D eigenvalue weighted by Crippen LogP contribution is -2.49. The summed E-state index contributed by atoms with van der Waals surface area (Å²) in [6.45, 7) is 1.73. The maximum Gasteiger partial charge on any atom is 0.241 e. The number of carbonyl (C=O) groups is 4. The van der Waals surface area contributed by atoms with Gasteiger partial charge in [0.25, 0.3) is 0 Å². The van der Waals surface area contributed by atoms with E-state index in [1.807, 2.05) is 30.3 Å². The molecule has 53 heavy (non-hydrogen) atoms. The molecule has 10 nitrogen and oxygen atoms in total. The summed E-state index contributed by atoms with van der Waals surface area (Å²) >= 11 is 6.11. The molecule has 5 aromatic rings. The summed E-state index contributed by atoms with van der Waals surface area (Å²) in [5.41, 5.74) is 2.50. The Morgan fingerprint density at radius 3 is 2.40 bits per heavy atom. The van der Waals surface area contributed by atoms with Crippen LogP contribution in [0.25, 0.3) is 22.6 Å². The first kappa shape index (κ1) is 33.1. The Labute approximate surface area is 307 Å². The summed E-state index contributed by atoms with van der Waals surface area (Å²) < 4.78 is 25.8. The number of fused-ring (bicyclic) bond motifs is 5. The van der Waals surface area contributed by atoms with Gasteiger partial charge in [0.15, 0.2) is 5.58 Å². The molecule has 0 spiro atoms. The Bertz CT molecular complexity index is 2410. The molecule has 4 aliphatic rings. The second-order valence-electron chi connectivity index (χ2n) is 14.2. The van der Waals surface area contributed by atoms with E-state index in [2.05, 4.69) is 4.98 Å². The maximum atomic E-state index is 14.7. The van der Waals surface area contributed by atoms with Crippen LogP contribution in [0.3, 0.4) is 0 Å². The first-order valence-electron chi connectivity index (χ1n) is 17.3. The molecule has 6 atom stereocenters. The number of rotatable bonds is 5. The van der Waals surface area contributed by atoms with E-state index >= 15 is 0 Å². The average Bonchev–Trinajstić information content (AvgIpc) is 3.76. The number of halogens is 2. The van der Waals surface area contributed by atoms with E-state index in [9.17, 15) is 28.7 Å². The topological polar surface area (TPSA) is 130 Å². The predicted octanol–water partition coefficient (Wildman–Crippen LogP) is 7.44. The number of amides is 4. The first-order valence-corrected chi connectivity index (χ1v) is 17.6. The molecule has 4 aromatic carbocycles. The highest BCUT2D eigenvalue weighted by atomic mass is 35.5. The van der Waals surface area contributed by atoms with Crippen LogP contribution in [0, 0.1) is 34.9 Å². The number of anilines is 2. The highest BCUT2D eigenvalue weighted by Crippen LogP contribution is 2.64. The minimum absolute atomic E-state index is 0.0527. The number of para-hydroxylation sites is 2. The summed E-state index contributed by atoms with van der Waals surface area (Å²) in [5.74, 6) is -5.52. The van der Waals surface area contributed by atoms with Gasteiger partial charge in [0.1, 0.15) is 22.8 Å². The van der Waals surface area contributed by atoms with Crippen LogP contribution in [0.2, 0.25) is 5.02 Å². The third-order valence-corrected chi connectivity index (χ3v) is 11.9. The number of ether oxygens (including phenoxy) is 1. The summed E-state index contributed by atoms with van der Waals surface area (Å²) in [5, 5.41) is 10.1. The number of imide groups is 2. The van der Waals surface area contributed by atoms with Crippen molar-refractivity contribution in [3.63, 3.8) is 0 Å². The van der Waals surface area contributed by atoms with Gasteiger partial charge in [0.2, 0.25) is 29.5 Å². The quantitative estimate of drug-likeness (QED) is 0.146. The smallest absolute Gasteiger partial charge is 0.241 e. The Morgan fingerprint density at radius 1 is 0.906 bits per heavy atom. The Hall–Kier alpha value is -5.81. The first-order chi connectivity index (χ1) is 25.5. The van der Waals surface area contributed by atoms with Gasteiger partial charge in [-0.2, -0.15) is 0 Å². The molecule has 3 fully saturated rings. The van der Waals surface area contributed by atoms with E-state index in [1.165, 1.54) is 36.3 Å². The fraction of sp³-hybridized carbons (Fsp3) is 0.244. The summed E-state index contributed by atoms with van der Waals surface area (Å²) in [4.78, 5) is 64.6. The summed E-state index contributed by atoms with van der Waals surface area (Å²) in [6, 6.07) is 22.6. The SMILES string of the molecule is COc1cc(O)ccc1[C@H]1C2=CC[C@@H]3C(=O)N(c4ccc(-c5nc6ccccc6o5)cc4)C(=O)[C@@H]3[C@@H]2C[C@H]2C(=O)N(c3ccc(F)c(Cl)c3)C(=O)[C@@]12C. The molecule has 9 rings (SSSR count). The number of aromatic hydroxyl groups is 1. The number of carbonyl (C=O) groups excluding carboxylic acids is 4. The Kier molecular flexibility index (Phi) is 7.40. The minimum atomic E-state index is -1.37. The zero-order valence-electron chi connectivity index (χ0n) is 28.5. The van der Waals surface area contributed by atoms with Crippen molar-refractivity contribution in [1.82, 2.24) is 4.98 Å². The fourth-order valence-electron chi connectivity index (χ4n) is 9.17. The Balaban J connectivity index is 1.11. The number of nitrogens with zero attached hydrogens (tertiary/aromatic N) is 3. The number of phenols is 1. The second-order valence-corrected chi connectivity index (χ2v) is 14.6. The molecular formula is C41H31ClFN3O7. The van der Waals surface area contributed by atoms with Gasteiger partial charge in [-0.15, -0.1) is 0 Å². The number of phenolic OH excluding ortho intramolecular Hbond substituents is 1. The van der Waals surface area contributed by atoms with Crippen LogP contribution < -0.4 is 14.5 Å². The minimum Gasteiger partial charge on any atom is -0.508 e. The molecule has 3 heterocycles. The highest BCUT2D eigenvalue weighted by Gasteiger charge is 2.68. The number of hydrogen-bond acceptors (Lipinski definition) is 8. The van der Waals surface area contributed by atoms with Crippen molar-refractivity contribution in [3.05, 3.63) is 113 Å². The van der Waals surface area contributed by atoms with E-state index in [0.29, 0.717) is 39.6 Å². The molecule has 12 heteroatoms. The van der Waals surface area contributed by atoms with Crippen molar-refractivity contribution in [3.8, 4) is 23.0 Å². The van der Waals surface area contributed by atoms with Crippen LogP contribution >= 0.6 is 11.6 Å². The van der Waals surface area contributed by atoms with Gasteiger partial charge in [0, 0.05) is 23.1 Å². The zero-order chi connectivity index (χ0) is 36.9. The fourth-order valence-corrected chi connectivity index (χ4v) is 9.35. The van der Waals surface area contributed by atoms with E-state index in [1.54, 1.807) is 37.3 Å². The molecule has 1 N–H and O–H groups in total. The zero-order valence-corrected chi connectivity index (χ0v) is 29.2. The second kappa shape index (κ2) is 11.9. The highest BCUT2D eigenvalue weighted by molar-refractivity contribution is 6.32. The molecule has 2 aliphatic heterocycles. The van der Waals surface area contributed by atoms with E-state index in [0.717, 1.165) is 16.5 Å². The van der Waals surface area contributed by atoms with Gasteiger partial charge in [-0.25, -0.2) is 14.3 Å². The van der Waals surface area contributed by atoms with Crippen LogP contribution in [0.5, 0.6) is 11.5 Å². The van der Waals surface area contributed by atoms with Crippen LogP contribution in [0.15, 0.2) is 101 Å². The predicted molar refractivity (Wildman–Crippen MR) is 193 cm³/mol. The third-order valence-electron chi connectivity index (χ3n) is 11.6. The van der Waals surface area contributed by atoms with Crippen molar-refractivity contribution in [1.29, 1.82) is 0 Å². The van der Waals surface area contributed by atoms with Gasteiger partial charge in [-0.05, 0) is 86.3 Å². The normalized spacial score (nSPS) is 26.5. The molecule has 266 valence electrons. The van der Waals surface area contributed by atoms with Gasteiger partial charge < -0.3 is 14.3 Å². The van der Waals surface area contributed by atoms with E-state index in [4.69, 9.17) is 20.8 Å².